The molecule has 25 heavy (non-hydrogen) atoms. The molecule has 1 aromatic heterocycles. The van der Waals surface area contributed by atoms with Gasteiger partial charge in [-0.05, 0) is 61.4 Å². The fourth-order valence-corrected chi connectivity index (χ4v) is 3.70. The van der Waals surface area contributed by atoms with Crippen molar-refractivity contribution in [1.82, 2.24) is 0 Å². The third kappa shape index (κ3) is 3.46. The van der Waals surface area contributed by atoms with Crippen LogP contribution in [-0.4, -0.2) is 0 Å². The average molecular weight is 333 g/mol. The first kappa shape index (κ1) is 17.7. The number of hydrogen-bond acceptors (Lipinski definition) is 0. The molecule has 1 aliphatic rings. The van der Waals surface area contributed by atoms with Gasteiger partial charge in [0.2, 0.25) is 5.69 Å². The standard InChI is InChI=1S/C24H30N/c1-6-24(5)14-16-25-15-8-7-9-23(25)21-17-20(12-13-22(21)24)19(4)11-10-18(2)3/h7-13,15,17H,6,14,16H2,1-5H3/q+1. The molecule has 1 heteroatoms. The van der Waals surface area contributed by atoms with Gasteiger partial charge >= 0.3 is 0 Å². The highest BCUT2D eigenvalue weighted by Gasteiger charge is 2.34. The van der Waals surface area contributed by atoms with E-state index in [1.165, 1.54) is 46.4 Å². The fourth-order valence-electron chi connectivity index (χ4n) is 3.70. The molecule has 130 valence electrons. The van der Waals surface area contributed by atoms with Gasteiger partial charge in [-0.1, -0.05) is 43.7 Å². The molecule has 1 atom stereocenters. The molecule has 0 spiro atoms. The van der Waals surface area contributed by atoms with E-state index in [-0.39, 0.29) is 5.41 Å². The summed E-state index contributed by atoms with van der Waals surface area (Å²) in [7, 11) is 0. The summed E-state index contributed by atoms with van der Waals surface area (Å²) in [6.45, 7) is 12.3. The molecule has 0 bridgehead atoms. The quantitative estimate of drug-likeness (QED) is 0.473. The molecule has 0 aliphatic carbocycles. The zero-order valence-electron chi connectivity index (χ0n) is 16.3. The second-order valence-corrected chi connectivity index (χ2v) is 7.80. The monoisotopic (exact) mass is 332 g/mol. The van der Waals surface area contributed by atoms with Crippen LogP contribution in [0.4, 0.5) is 0 Å². The minimum atomic E-state index is 0.234. The molecule has 2 heterocycles. The Balaban J connectivity index is 2.20. The molecule has 0 radical (unpaired) electrons. The minimum absolute atomic E-state index is 0.234. The van der Waals surface area contributed by atoms with Crippen LogP contribution in [0.2, 0.25) is 0 Å². The molecule has 1 aromatic carbocycles. The summed E-state index contributed by atoms with van der Waals surface area (Å²) in [6, 6.07) is 13.6. The first-order valence-corrected chi connectivity index (χ1v) is 9.40. The summed E-state index contributed by atoms with van der Waals surface area (Å²) < 4.78 is 2.42. The third-order valence-electron chi connectivity index (χ3n) is 5.69. The highest BCUT2D eigenvalue weighted by molar-refractivity contribution is 5.73. The Hall–Kier alpha value is -2.15. The van der Waals surface area contributed by atoms with Gasteiger partial charge in [0.1, 0.15) is 6.54 Å². The van der Waals surface area contributed by atoms with Crippen LogP contribution in [-0.2, 0) is 12.0 Å². The first-order chi connectivity index (χ1) is 11.9. The van der Waals surface area contributed by atoms with E-state index in [0.717, 1.165) is 6.54 Å². The number of nitrogens with zero attached hydrogens (tertiary/aromatic N) is 1. The van der Waals surface area contributed by atoms with Crippen molar-refractivity contribution >= 4 is 5.57 Å². The van der Waals surface area contributed by atoms with Crippen LogP contribution in [0.3, 0.4) is 0 Å². The zero-order valence-corrected chi connectivity index (χ0v) is 16.3. The lowest BCUT2D eigenvalue weighted by Crippen LogP contribution is -2.36. The maximum Gasteiger partial charge on any atom is 0.212 e. The first-order valence-electron chi connectivity index (χ1n) is 9.40. The lowest BCUT2D eigenvalue weighted by Gasteiger charge is -2.27. The summed E-state index contributed by atoms with van der Waals surface area (Å²) in [5, 5.41) is 0. The molecule has 1 nitrogen and oxygen atoms in total. The van der Waals surface area contributed by atoms with Crippen molar-refractivity contribution in [3.63, 3.8) is 0 Å². The van der Waals surface area contributed by atoms with Gasteiger partial charge in [0, 0.05) is 18.6 Å². The van der Waals surface area contributed by atoms with E-state index >= 15 is 0 Å². The van der Waals surface area contributed by atoms with Gasteiger partial charge in [-0.15, -0.1) is 0 Å². The van der Waals surface area contributed by atoms with E-state index in [1.807, 2.05) is 0 Å². The maximum atomic E-state index is 2.42. The third-order valence-corrected chi connectivity index (χ3v) is 5.69. The van der Waals surface area contributed by atoms with Crippen LogP contribution in [0.5, 0.6) is 0 Å². The Morgan fingerprint density at radius 1 is 1.12 bits per heavy atom. The van der Waals surface area contributed by atoms with Gasteiger partial charge in [0.25, 0.3) is 0 Å². The molecule has 0 N–H and O–H groups in total. The Morgan fingerprint density at radius 3 is 2.64 bits per heavy atom. The van der Waals surface area contributed by atoms with Gasteiger partial charge in [-0.3, -0.25) is 0 Å². The number of hydrogen-bond donors (Lipinski definition) is 0. The number of pyridine rings is 1. The van der Waals surface area contributed by atoms with E-state index < -0.39 is 0 Å². The van der Waals surface area contributed by atoms with E-state index in [0.29, 0.717) is 0 Å². The number of fused-ring (bicyclic) bond motifs is 3. The van der Waals surface area contributed by atoms with Gasteiger partial charge in [-0.25, -0.2) is 0 Å². The average Bonchev–Trinajstić information content (AvgIpc) is 2.75. The topological polar surface area (TPSA) is 3.88 Å². The largest absolute Gasteiger partial charge is 0.212 e. The molecule has 0 saturated carbocycles. The van der Waals surface area contributed by atoms with Crippen molar-refractivity contribution in [3.8, 4) is 11.3 Å². The van der Waals surface area contributed by atoms with Crippen LogP contribution < -0.4 is 4.57 Å². The number of rotatable bonds is 3. The Morgan fingerprint density at radius 2 is 1.92 bits per heavy atom. The smallest absolute Gasteiger partial charge is 0.198 e. The molecule has 1 aliphatic heterocycles. The molecular weight excluding hydrogens is 302 g/mol. The van der Waals surface area contributed by atoms with Crippen LogP contribution in [0.1, 0.15) is 58.6 Å². The van der Waals surface area contributed by atoms with Gasteiger partial charge in [0.15, 0.2) is 6.20 Å². The van der Waals surface area contributed by atoms with Crippen LogP contribution >= 0.6 is 0 Å². The normalized spacial score (nSPS) is 19.6. The second-order valence-electron chi connectivity index (χ2n) is 7.80. The summed E-state index contributed by atoms with van der Waals surface area (Å²) >= 11 is 0. The Labute approximate surface area is 152 Å². The van der Waals surface area contributed by atoms with Crippen LogP contribution in [0.15, 0.2) is 60.3 Å². The Kier molecular flexibility index (Phi) is 4.94. The van der Waals surface area contributed by atoms with E-state index in [4.69, 9.17) is 0 Å². The van der Waals surface area contributed by atoms with E-state index in [2.05, 4.69) is 93.9 Å². The van der Waals surface area contributed by atoms with Crippen LogP contribution in [0.25, 0.3) is 16.8 Å². The number of allylic oxidation sites excluding steroid dienone is 4. The highest BCUT2D eigenvalue weighted by Crippen LogP contribution is 2.40. The summed E-state index contributed by atoms with van der Waals surface area (Å²) in [5.41, 5.74) is 8.41. The predicted molar refractivity (Wildman–Crippen MR) is 107 cm³/mol. The molecule has 2 aromatic rings. The lowest BCUT2D eigenvalue weighted by molar-refractivity contribution is -0.686. The molecule has 0 fully saturated rings. The summed E-state index contributed by atoms with van der Waals surface area (Å²) in [4.78, 5) is 0. The van der Waals surface area contributed by atoms with Crippen molar-refractivity contribution < 1.29 is 4.57 Å². The van der Waals surface area contributed by atoms with Gasteiger partial charge in [0.05, 0.1) is 5.56 Å². The summed E-state index contributed by atoms with van der Waals surface area (Å²) in [5.74, 6) is 0. The van der Waals surface area contributed by atoms with Crippen molar-refractivity contribution in [2.24, 2.45) is 0 Å². The summed E-state index contributed by atoms with van der Waals surface area (Å²) in [6.07, 6.45) is 9.00. The highest BCUT2D eigenvalue weighted by atomic mass is 15.0. The van der Waals surface area contributed by atoms with Crippen molar-refractivity contribution in [2.45, 2.75) is 59.4 Å². The maximum absolute atomic E-state index is 2.42. The SMILES string of the molecule is CCC1(C)CC[n+]2ccccc2-c2cc(C(C)=CC=C(C)C)ccc21. The van der Waals surface area contributed by atoms with E-state index in [1.54, 1.807) is 0 Å². The molecule has 1 unspecified atom stereocenters. The van der Waals surface area contributed by atoms with Gasteiger partial charge in [-0.2, -0.15) is 4.57 Å². The Bertz CT molecular complexity index is 837. The number of aromatic nitrogens is 1. The second kappa shape index (κ2) is 7.00. The lowest BCUT2D eigenvalue weighted by atomic mass is 9.75. The molecule has 0 saturated heterocycles. The predicted octanol–water partition coefficient (Wildman–Crippen LogP) is 6.08. The van der Waals surface area contributed by atoms with Crippen molar-refractivity contribution in [2.75, 3.05) is 0 Å². The van der Waals surface area contributed by atoms with Crippen molar-refractivity contribution in [3.05, 3.63) is 71.4 Å². The van der Waals surface area contributed by atoms with Crippen LogP contribution in [0, 0.1) is 0 Å². The fraction of sp³-hybridized carbons (Fsp3) is 0.375. The van der Waals surface area contributed by atoms with E-state index in [9.17, 15) is 0 Å². The van der Waals surface area contributed by atoms with Gasteiger partial charge < -0.3 is 0 Å². The number of benzene rings is 1. The zero-order chi connectivity index (χ0) is 18.0. The minimum Gasteiger partial charge on any atom is -0.198 e. The molecule has 0 amide bonds. The number of aryl methyl sites for hydroxylation is 1. The van der Waals surface area contributed by atoms with Crippen molar-refractivity contribution in [1.29, 1.82) is 0 Å². The molecule has 3 rings (SSSR count). The molecular formula is C24H30N+.